The first-order valence-corrected chi connectivity index (χ1v) is 10.8. The highest BCUT2D eigenvalue weighted by Crippen LogP contribution is 2.42. The van der Waals surface area contributed by atoms with Gasteiger partial charge in [0.25, 0.3) is 5.91 Å². The highest BCUT2D eigenvalue weighted by Gasteiger charge is 2.34. The minimum absolute atomic E-state index is 0.000144. The SMILES string of the molecule is NC(=O)c1cc(C2CC(=O)Nc3[nH]ncc32)cc(-c2cnc[nH]2)c1OCc1ccccc1C(F)(F)F. The molecule has 1 unspecified atom stereocenters. The van der Waals surface area contributed by atoms with Crippen LogP contribution in [0.25, 0.3) is 11.3 Å². The summed E-state index contributed by atoms with van der Waals surface area (Å²) in [5.41, 5.74) is 6.80. The molecule has 0 saturated carbocycles. The van der Waals surface area contributed by atoms with E-state index in [-0.39, 0.29) is 29.2 Å². The predicted octanol–water partition coefficient (Wildman–Crippen LogP) is 3.97. The second kappa shape index (κ2) is 8.87. The summed E-state index contributed by atoms with van der Waals surface area (Å²) in [6.07, 6.45) is -0.00931. The smallest absolute Gasteiger partial charge is 0.416 e. The van der Waals surface area contributed by atoms with E-state index < -0.39 is 30.2 Å². The minimum Gasteiger partial charge on any atom is -0.487 e. The molecule has 0 bridgehead atoms. The number of fused-ring (bicyclic) bond motifs is 1. The molecule has 5 N–H and O–H groups in total. The van der Waals surface area contributed by atoms with Gasteiger partial charge in [0.15, 0.2) is 0 Å². The van der Waals surface area contributed by atoms with E-state index in [4.69, 9.17) is 10.5 Å². The van der Waals surface area contributed by atoms with Gasteiger partial charge in [-0.3, -0.25) is 14.7 Å². The van der Waals surface area contributed by atoms with Gasteiger partial charge in [-0.2, -0.15) is 18.3 Å². The lowest BCUT2D eigenvalue weighted by Crippen LogP contribution is -2.23. The summed E-state index contributed by atoms with van der Waals surface area (Å²) in [5, 5.41) is 9.42. The van der Waals surface area contributed by atoms with Crippen molar-refractivity contribution >= 4 is 17.6 Å². The van der Waals surface area contributed by atoms with Gasteiger partial charge in [-0.25, -0.2) is 4.98 Å². The number of amides is 2. The van der Waals surface area contributed by atoms with Crippen molar-refractivity contribution in [1.82, 2.24) is 20.2 Å². The lowest BCUT2D eigenvalue weighted by atomic mass is 9.85. The molecule has 9 nitrogen and oxygen atoms in total. The van der Waals surface area contributed by atoms with Crippen LogP contribution in [0, 0.1) is 0 Å². The van der Waals surface area contributed by atoms with Gasteiger partial charge in [-0.15, -0.1) is 0 Å². The van der Waals surface area contributed by atoms with Gasteiger partial charge in [0, 0.05) is 29.0 Å². The Labute approximate surface area is 201 Å². The molecule has 184 valence electrons. The summed E-state index contributed by atoms with van der Waals surface area (Å²) in [4.78, 5) is 31.7. The van der Waals surface area contributed by atoms with E-state index >= 15 is 0 Å². The van der Waals surface area contributed by atoms with Crippen molar-refractivity contribution in [3.05, 3.63) is 82.9 Å². The van der Waals surface area contributed by atoms with Crippen LogP contribution < -0.4 is 15.8 Å². The summed E-state index contributed by atoms with van der Waals surface area (Å²) in [6.45, 7) is -0.464. The van der Waals surface area contributed by atoms with E-state index in [1.165, 1.54) is 36.8 Å². The third-order valence-electron chi connectivity index (χ3n) is 5.96. The number of imidazole rings is 1. The Balaban J connectivity index is 1.62. The van der Waals surface area contributed by atoms with Gasteiger partial charge in [0.2, 0.25) is 5.91 Å². The van der Waals surface area contributed by atoms with Crippen LogP contribution in [0.4, 0.5) is 19.0 Å². The zero-order valence-electron chi connectivity index (χ0n) is 18.5. The maximum Gasteiger partial charge on any atom is 0.416 e. The number of carbonyl (C=O) groups is 2. The fourth-order valence-electron chi connectivity index (χ4n) is 4.31. The Morgan fingerprint density at radius 2 is 2.00 bits per heavy atom. The number of nitrogens with two attached hydrogens (primary N) is 1. The number of primary amides is 1. The van der Waals surface area contributed by atoms with E-state index in [1.54, 1.807) is 12.3 Å². The highest BCUT2D eigenvalue weighted by molar-refractivity contribution is 5.99. The van der Waals surface area contributed by atoms with Crippen LogP contribution in [-0.4, -0.2) is 32.0 Å². The topological polar surface area (TPSA) is 139 Å². The molecule has 3 heterocycles. The molecule has 4 aromatic rings. The van der Waals surface area contributed by atoms with Crippen molar-refractivity contribution in [3.8, 4) is 17.0 Å². The summed E-state index contributed by atoms with van der Waals surface area (Å²) in [7, 11) is 0. The first-order chi connectivity index (χ1) is 17.2. The zero-order valence-corrected chi connectivity index (χ0v) is 18.5. The van der Waals surface area contributed by atoms with Gasteiger partial charge in [0.1, 0.15) is 18.2 Å². The molecule has 1 aliphatic rings. The molecule has 2 amide bonds. The molecule has 1 atom stereocenters. The van der Waals surface area contributed by atoms with Crippen molar-refractivity contribution in [3.63, 3.8) is 0 Å². The third-order valence-corrected chi connectivity index (χ3v) is 5.96. The first-order valence-electron chi connectivity index (χ1n) is 10.8. The molecule has 36 heavy (non-hydrogen) atoms. The molecular weight excluding hydrogens is 477 g/mol. The average molecular weight is 496 g/mol. The van der Waals surface area contributed by atoms with Crippen LogP contribution in [0.2, 0.25) is 0 Å². The van der Waals surface area contributed by atoms with Crippen molar-refractivity contribution in [2.45, 2.75) is 25.1 Å². The van der Waals surface area contributed by atoms with Crippen molar-refractivity contribution in [1.29, 1.82) is 0 Å². The lowest BCUT2D eigenvalue weighted by Gasteiger charge is -2.24. The monoisotopic (exact) mass is 496 g/mol. The molecular formula is C24H19F3N6O3. The largest absolute Gasteiger partial charge is 0.487 e. The Hall–Kier alpha value is -4.61. The van der Waals surface area contributed by atoms with Gasteiger partial charge >= 0.3 is 6.18 Å². The number of rotatable bonds is 6. The van der Waals surface area contributed by atoms with Gasteiger partial charge in [0.05, 0.1) is 35.5 Å². The lowest BCUT2D eigenvalue weighted by molar-refractivity contribution is -0.138. The fourth-order valence-corrected chi connectivity index (χ4v) is 4.31. The maximum atomic E-state index is 13.5. The number of halogens is 3. The van der Waals surface area contributed by atoms with E-state index in [2.05, 4.69) is 25.5 Å². The Morgan fingerprint density at radius 1 is 1.19 bits per heavy atom. The number of benzene rings is 2. The molecule has 0 spiro atoms. The van der Waals surface area contributed by atoms with Crippen LogP contribution in [0.3, 0.4) is 0 Å². The van der Waals surface area contributed by atoms with Crippen molar-refractivity contribution in [2.75, 3.05) is 5.32 Å². The number of carbonyl (C=O) groups excluding carboxylic acids is 2. The second-order valence-electron chi connectivity index (χ2n) is 8.22. The molecule has 0 aliphatic carbocycles. The number of aromatic amines is 2. The van der Waals surface area contributed by atoms with Crippen LogP contribution in [0.5, 0.6) is 5.75 Å². The number of hydrogen-bond donors (Lipinski definition) is 4. The van der Waals surface area contributed by atoms with Crippen LogP contribution in [-0.2, 0) is 17.6 Å². The zero-order chi connectivity index (χ0) is 25.4. The molecule has 12 heteroatoms. The molecule has 0 fully saturated rings. The predicted molar refractivity (Wildman–Crippen MR) is 122 cm³/mol. The molecule has 0 saturated heterocycles. The Bertz CT molecular complexity index is 1450. The minimum atomic E-state index is -4.58. The molecule has 5 rings (SSSR count). The Kier molecular flexibility index (Phi) is 5.71. The molecule has 1 aliphatic heterocycles. The summed E-state index contributed by atoms with van der Waals surface area (Å²) >= 11 is 0. The number of aromatic nitrogens is 4. The molecule has 2 aromatic carbocycles. The van der Waals surface area contributed by atoms with E-state index in [0.29, 0.717) is 28.2 Å². The van der Waals surface area contributed by atoms with Gasteiger partial charge < -0.3 is 20.8 Å². The van der Waals surface area contributed by atoms with Crippen LogP contribution in [0.15, 0.2) is 55.1 Å². The molecule has 2 aromatic heterocycles. The average Bonchev–Trinajstić information content (AvgIpc) is 3.53. The standard InChI is InChI=1S/C24H19F3N6O3/c25-24(26,27)18-4-2-1-3-12(18)10-36-21-15(19-9-29-11-30-19)5-13(6-16(21)22(28)35)14-7-20(34)32-23-17(14)8-31-33-23/h1-6,8-9,11,14H,7,10H2,(H2,28,35)(H,29,30)(H2,31,32,33,34). The Morgan fingerprint density at radius 3 is 2.72 bits per heavy atom. The summed E-state index contributed by atoms with van der Waals surface area (Å²) < 4.78 is 46.3. The van der Waals surface area contributed by atoms with Gasteiger partial charge in [-0.1, -0.05) is 18.2 Å². The first kappa shape index (κ1) is 23.1. The maximum absolute atomic E-state index is 13.5. The van der Waals surface area contributed by atoms with Crippen molar-refractivity contribution < 1.29 is 27.5 Å². The number of ether oxygens (including phenoxy) is 1. The quantitative estimate of drug-likeness (QED) is 0.320. The third kappa shape index (κ3) is 4.28. The van der Waals surface area contributed by atoms with Crippen molar-refractivity contribution in [2.24, 2.45) is 5.73 Å². The van der Waals surface area contributed by atoms with Crippen LogP contribution >= 0.6 is 0 Å². The number of H-pyrrole nitrogens is 2. The molecule has 0 radical (unpaired) electrons. The number of hydrogen-bond acceptors (Lipinski definition) is 5. The van der Waals surface area contributed by atoms with Crippen LogP contribution in [0.1, 0.15) is 45.0 Å². The number of anilines is 1. The van der Waals surface area contributed by atoms with Gasteiger partial charge in [-0.05, 0) is 23.8 Å². The fraction of sp³-hybridized carbons (Fsp3) is 0.167. The normalized spacial score (nSPS) is 15.3. The number of nitrogens with one attached hydrogen (secondary N) is 3. The number of alkyl halides is 3. The number of nitrogens with zero attached hydrogens (tertiary/aromatic N) is 2. The summed E-state index contributed by atoms with van der Waals surface area (Å²) in [6, 6.07) is 8.22. The van der Waals surface area contributed by atoms with E-state index in [9.17, 15) is 22.8 Å². The second-order valence-corrected chi connectivity index (χ2v) is 8.22. The van der Waals surface area contributed by atoms with E-state index in [1.807, 2.05) is 0 Å². The highest BCUT2D eigenvalue weighted by atomic mass is 19.4. The van der Waals surface area contributed by atoms with E-state index in [0.717, 1.165) is 6.07 Å². The summed E-state index contributed by atoms with van der Waals surface area (Å²) in [5.74, 6) is -1.09.